The molecule has 19 heavy (non-hydrogen) atoms. The van der Waals surface area contributed by atoms with Gasteiger partial charge in [-0.3, -0.25) is 9.78 Å². The van der Waals surface area contributed by atoms with Crippen molar-refractivity contribution in [3.63, 3.8) is 0 Å². The van der Waals surface area contributed by atoms with Crippen molar-refractivity contribution in [1.29, 1.82) is 0 Å². The maximum atomic E-state index is 12.3. The van der Waals surface area contributed by atoms with Crippen molar-refractivity contribution < 1.29 is 9.53 Å². The third-order valence-corrected chi connectivity index (χ3v) is 3.68. The lowest BCUT2D eigenvalue weighted by Gasteiger charge is -2.34. The normalized spacial score (nSPS) is 22.0. The van der Waals surface area contributed by atoms with E-state index in [1.165, 1.54) is 0 Å². The van der Waals surface area contributed by atoms with Crippen molar-refractivity contribution in [3.05, 3.63) is 23.5 Å². The molecule has 0 bridgehead atoms. The number of nitrogens with zero attached hydrogens (tertiary/aromatic N) is 1. The Hall–Kier alpha value is -1.42. The summed E-state index contributed by atoms with van der Waals surface area (Å²) in [6.07, 6.45) is 3.26. The van der Waals surface area contributed by atoms with Crippen LogP contribution in [0.5, 0.6) is 0 Å². The summed E-state index contributed by atoms with van der Waals surface area (Å²) in [4.78, 5) is 16.5. The maximum Gasteiger partial charge on any atom is 0.227 e. The van der Waals surface area contributed by atoms with Gasteiger partial charge in [0.05, 0.1) is 17.5 Å². The summed E-state index contributed by atoms with van der Waals surface area (Å²) in [7, 11) is 0. The Labute approximate surface area is 114 Å². The van der Waals surface area contributed by atoms with E-state index in [9.17, 15) is 4.79 Å². The molecule has 104 valence electrons. The van der Waals surface area contributed by atoms with Crippen molar-refractivity contribution in [3.8, 4) is 0 Å². The Kier molecular flexibility index (Phi) is 3.90. The average Bonchev–Trinajstić information content (AvgIpc) is 2.32. The minimum absolute atomic E-state index is 0.0189. The standard InChI is InChI=1S/C15H22N2O2/c1-10-7-13(9-16-11(10)2)17-14(18)12-5-6-19-15(3,4)8-12/h7,9,12H,5-6,8H2,1-4H3,(H,17,18). The van der Waals surface area contributed by atoms with Crippen molar-refractivity contribution in [1.82, 2.24) is 4.98 Å². The summed E-state index contributed by atoms with van der Waals surface area (Å²) in [5.41, 5.74) is 2.65. The smallest absolute Gasteiger partial charge is 0.227 e. The SMILES string of the molecule is Cc1cc(NC(=O)C2CCOC(C)(C)C2)cnc1C. The highest BCUT2D eigenvalue weighted by atomic mass is 16.5. The first-order chi connectivity index (χ1) is 8.87. The van der Waals surface area contributed by atoms with Gasteiger partial charge in [0.1, 0.15) is 0 Å². The van der Waals surface area contributed by atoms with E-state index in [2.05, 4.69) is 10.3 Å². The predicted molar refractivity (Wildman–Crippen MR) is 75.1 cm³/mol. The van der Waals surface area contributed by atoms with Crippen molar-refractivity contribution in [2.24, 2.45) is 5.92 Å². The molecule has 0 spiro atoms. The Morgan fingerprint density at radius 3 is 2.84 bits per heavy atom. The van der Waals surface area contributed by atoms with E-state index < -0.39 is 0 Å². The third kappa shape index (κ3) is 3.53. The van der Waals surface area contributed by atoms with Crippen LogP contribution in [-0.4, -0.2) is 23.1 Å². The van der Waals surface area contributed by atoms with Crippen LogP contribution in [0, 0.1) is 19.8 Å². The van der Waals surface area contributed by atoms with E-state index in [1.54, 1.807) is 6.20 Å². The minimum atomic E-state index is -0.207. The van der Waals surface area contributed by atoms with E-state index in [0.717, 1.165) is 29.8 Å². The highest BCUT2D eigenvalue weighted by Crippen LogP contribution is 2.29. The molecule has 1 saturated heterocycles. The lowest BCUT2D eigenvalue weighted by Crippen LogP contribution is -2.39. The van der Waals surface area contributed by atoms with Crippen LogP contribution in [0.3, 0.4) is 0 Å². The summed E-state index contributed by atoms with van der Waals surface area (Å²) in [6, 6.07) is 1.96. The number of hydrogen-bond acceptors (Lipinski definition) is 3. The fourth-order valence-electron chi connectivity index (χ4n) is 2.41. The zero-order chi connectivity index (χ0) is 14.0. The first-order valence-electron chi connectivity index (χ1n) is 6.75. The molecule has 0 aromatic carbocycles. The Bertz CT molecular complexity index is 483. The van der Waals surface area contributed by atoms with Crippen LogP contribution >= 0.6 is 0 Å². The molecule has 1 aliphatic rings. The number of ether oxygens (including phenoxy) is 1. The highest BCUT2D eigenvalue weighted by molar-refractivity contribution is 5.92. The van der Waals surface area contributed by atoms with Crippen LogP contribution in [0.25, 0.3) is 0 Å². The molecule has 1 aliphatic heterocycles. The van der Waals surface area contributed by atoms with Crippen molar-refractivity contribution >= 4 is 11.6 Å². The van der Waals surface area contributed by atoms with Gasteiger partial charge < -0.3 is 10.1 Å². The quantitative estimate of drug-likeness (QED) is 0.891. The number of carbonyl (C=O) groups is 1. The molecule has 0 radical (unpaired) electrons. The molecule has 1 amide bonds. The van der Waals surface area contributed by atoms with Crippen LogP contribution in [0.4, 0.5) is 5.69 Å². The molecule has 1 aromatic heterocycles. The van der Waals surface area contributed by atoms with Gasteiger partial charge in [-0.1, -0.05) is 0 Å². The number of hydrogen-bond donors (Lipinski definition) is 1. The number of rotatable bonds is 2. The summed E-state index contributed by atoms with van der Waals surface area (Å²) in [5.74, 6) is 0.0896. The van der Waals surface area contributed by atoms with Crippen LogP contribution in [0.1, 0.15) is 37.9 Å². The predicted octanol–water partition coefficient (Wildman–Crippen LogP) is 2.84. The fraction of sp³-hybridized carbons (Fsp3) is 0.600. The van der Waals surface area contributed by atoms with Crippen LogP contribution in [0.15, 0.2) is 12.3 Å². The number of nitrogens with one attached hydrogen (secondary N) is 1. The van der Waals surface area contributed by atoms with E-state index in [-0.39, 0.29) is 17.4 Å². The van der Waals surface area contributed by atoms with Gasteiger partial charge in [0.15, 0.2) is 0 Å². The minimum Gasteiger partial charge on any atom is -0.376 e. The number of amides is 1. The average molecular weight is 262 g/mol. The molecule has 2 heterocycles. The monoisotopic (exact) mass is 262 g/mol. The molecule has 2 rings (SSSR count). The number of aryl methyl sites for hydroxylation is 2. The molecule has 1 N–H and O–H groups in total. The van der Waals surface area contributed by atoms with E-state index >= 15 is 0 Å². The first kappa shape index (κ1) is 14.0. The van der Waals surface area contributed by atoms with Gasteiger partial charge in [-0.25, -0.2) is 0 Å². The highest BCUT2D eigenvalue weighted by Gasteiger charge is 2.32. The Morgan fingerprint density at radius 1 is 1.47 bits per heavy atom. The number of pyridine rings is 1. The van der Waals surface area contributed by atoms with Crippen LogP contribution in [0.2, 0.25) is 0 Å². The van der Waals surface area contributed by atoms with Gasteiger partial charge >= 0.3 is 0 Å². The van der Waals surface area contributed by atoms with Crippen LogP contribution < -0.4 is 5.32 Å². The van der Waals surface area contributed by atoms with Gasteiger partial charge in [-0.05, 0) is 52.2 Å². The lowest BCUT2D eigenvalue weighted by molar-refractivity contribution is -0.130. The number of aromatic nitrogens is 1. The first-order valence-corrected chi connectivity index (χ1v) is 6.75. The summed E-state index contributed by atoms with van der Waals surface area (Å²) >= 11 is 0. The second-order valence-corrected chi connectivity index (χ2v) is 5.91. The lowest BCUT2D eigenvalue weighted by atomic mass is 9.88. The summed E-state index contributed by atoms with van der Waals surface area (Å²) in [6.45, 7) is 8.67. The van der Waals surface area contributed by atoms with Gasteiger partial charge in [-0.2, -0.15) is 0 Å². The summed E-state index contributed by atoms with van der Waals surface area (Å²) < 4.78 is 5.64. The van der Waals surface area contributed by atoms with Gasteiger partial charge in [0.25, 0.3) is 0 Å². The van der Waals surface area contributed by atoms with Gasteiger partial charge in [-0.15, -0.1) is 0 Å². The zero-order valence-electron chi connectivity index (χ0n) is 12.1. The largest absolute Gasteiger partial charge is 0.376 e. The fourth-order valence-corrected chi connectivity index (χ4v) is 2.41. The van der Waals surface area contributed by atoms with Crippen LogP contribution in [-0.2, 0) is 9.53 Å². The Balaban J connectivity index is 2.02. The summed E-state index contributed by atoms with van der Waals surface area (Å²) in [5, 5.41) is 2.96. The number of anilines is 1. The van der Waals surface area contributed by atoms with E-state index in [1.807, 2.05) is 33.8 Å². The molecular formula is C15H22N2O2. The topological polar surface area (TPSA) is 51.2 Å². The third-order valence-electron chi connectivity index (χ3n) is 3.68. The molecule has 4 heteroatoms. The molecule has 1 atom stereocenters. The Morgan fingerprint density at radius 2 is 2.21 bits per heavy atom. The molecular weight excluding hydrogens is 240 g/mol. The van der Waals surface area contributed by atoms with Gasteiger partial charge in [0.2, 0.25) is 5.91 Å². The van der Waals surface area contributed by atoms with E-state index in [0.29, 0.717) is 6.61 Å². The molecule has 1 unspecified atom stereocenters. The van der Waals surface area contributed by atoms with Gasteiger partial charge in [0, 0.05) is 18.2 Å². The molecule has 4 nitrogen and oxygen atoms in total. The molecule has 1 fully saturated rings. The molecule has 1 aromatic rings. The molecule has 0 aliphatic carbocycles. The number of carbonyl (C=O) groups excluding carboxylic acids is 1. The van der Waals surface area contributed by atoms with Crippen molar-refractivity contribution in [2.45, 2.75) is 46.1 Å². The van der Waals surface area contributed by atoms with Crippen molar-refractivity contribution in [2.75, 3.05) is 11.9 Å². The maximum absolute atomic E-state index is 12.3. The second-order valence-electron chi connectivity index (χ2n) is 5.91. The zero-order valence-corrected chi connectivity index (χ0v) is 12.1. The second kappa shape index (κ2) is 5.29. The van der Waals surface area contributed by atoms with E-state index in [4.69, 9.17) is 4.74 Å². The molecule has 0 saturated carbocycles.